The summed E-state index contributed by atoms with van der Waals surface area (Å²) in [4.78, 5) is 14.6. The SMILES string of the molecule is N#Cc1ccc(-c2ccc3c4c(ccc(-c5cc(-c6ccc(-c7ccccn7)cc6)cc(-c6ccc(-c7ccccn7)cc6)n5)c24)-c2ccccc2-3)cc1. The van der Waals surface area contributed by atoms with Gasteiger partial charge in [0.2, 0.25) is 0 Å². The third kappa shape index (κ3) is 5.35. The van der Waals surface area contributed by atoms with Gasteiger partial charge in [0.1, 0.15) is 0 Å². The van der Waals surface area contributed by atoms with E-state index in [2.05, 4.69) is 137 Å². The second-order valence-electron chi connectivity index (χ2n) is 13.5. The lowest BCUT2D eigenvalue weighted by Gasteiger charge is -2.16. The molecule has 0 saturated carbocycles. The topological polar surface area (TPSA) is 62.5 Å². The summed E-state index contributed by atoms with van der Waals surface area (Å²) >= 11 is 0. The molecule has 10 rings (SSSR count). The van der Waals surface area contributed by atoms with Crippen molar-refractivity contribution in [3.63, 3.8) is 0 Å². The molecule has 3 heterocycles. The van der Waals surface area contributed by atoms with Crippen LogP contribution in [0, 0.1) is 11.3 Å². The highest BCUT2D eigenvalue weighted by atomic mass is 14.7. The first kappa shape index (κ1) is 31.3. The summed E-state index contributed by atoms with van der Waals surface area (Å²) in [6.45, 7) is 0. The highest BCUT2D eigenvalue weighted by Crippen LogP contribution is 2.52. The summed E-state index contributed by atoms with van der Waals surface area (Å²) in [5, 5.41) is 11.9. The maximum absolute atomic E-state index is 9.57. The number of hydrogen-bond donors (Lipinski definition) is 0. The summed E-state index contributed by atoms with van der Waals surface area (Å²) in [5.74, 6) is 0. The fraction of sp³-hybridized carbons (Fsp3) is 0. The van der Waals surface area contributed by atoms with Crippen LogP contribution < -0.4 is 0 Å². The van der Waals surface area contributed by atoms with Gasteiger partial charge in [-0.2, -0.15) is 5.26 Å². The van der Waals surface area contributed by atoms with Crippen LogP contribution in [0.2, 0.25) is 0 Å². The van der Waals surface area contributed by atoms with Crippen molar-refractivity contribution < 1.29 is 0 Å². The van der Waals surface area contributed by atoms with Crippen molar-refractivity contribution in [1.82, 2.24) is 15.0 Å². The minimum absolute atomic E-state index is 0.638. The lowest BCUT2D eigenvalue weighted by Crippen LogP contribution is -1.94. The normalized spacial score (nSPS) is 11.3. The molecule has 3 aromatic heterocycles. The Hall–Kier alpha value is -7.48. The van der Waals surface area contributed by atoms with E-state index in [9.17, 15) is 5.26 Å². The predicted octanol–water partition coefficient (Wildman–Crippen LogP) is 12.5. The van der Waals surface area contributed by atoms with Gasteiger partial charge in [-0.15, -0.1) is 0 Å². The Balaban J connectivity index is 1.20. The highest BCUT2D eigenvalue weighted by molar-refractivity contribution is 6.22. The van der Waals surface area contributed by atoms with Crippen molar-refractivity contribution in [2.24, 2.45) is 0 Å². The van der Waals surface area contributed by atoms with E-state index >= 15 is 0 Å². The molecule has 0 saturated heterocycles. The number of rotatable bonds is 6. The van der Waals surface area contributed by atoms with Crippen LogP contribution in [0.4, 0.5) is 0 Å². The van der Waals surface area contributed by atoms with Crippen molar-refractivity contribution in [3.05, 3.63) is 188 Å². The zero-order valence-corrected chi connectivity index (χ0v) is 29.1. The van der Waals surface area contributed by atoms with Gasteiger partial charge in [-0.25, -0.2) is 4.98 Å². The average molecular weight is 687 g/mol. The number of benzene rings is 6. The number of hydrogen-bond acceptors (Lipinski definition) is 4. The van der Waals surface area contributed by atoms with Crippen LogP contribution >= 0.6 is 0 Å². The standard InChI is InChI=1S/C50H30N4/c51-31-32-11-13-34(14-12-32)39-23-24-42-40-7-1-2-8-41(40)43-25-26-44(49(39)50(42)43)48-30-38(33-15-17-35(18-16-33)45-9-3-5-27-52-45)29-47(54-48)37-21-19-36(20-22-37)46-10-4-6-28-53-46/h1-30H. The van der Waals surface area contributed by atoms with Crippen LogP contribution in [-0.4, -0.2) is 15.0 Å². The Labute approximate surface area is 313 Å². The fourth-order valence-electron chi connectivity index (χ4n) is 7.77. The smallest absolute Gasteiger partial charge is 0.0991 e. The summed E-state index contributed by atoms with van der Waals surface area (Å²) in [6, 6.07) is 61.3. The maximum atomic E-state index is 9.57. The van der Waals surface area contributed by atoms with Gasteiger partial charge in [-0.3, -0.25) is 9.97 Å². The van der Waals surface area contributed by atoms with Crippen LogP contribution in [0.1, 0.15) is 5.56 Å². The first-order valence-electron chi connectivity index (χ1n) is 18.0. The van der Waals surface area contributed by atoms with Crippen LogP contribution in [0.25, 0.3) is 100 Å². The van der Waals surface area contributed by atoms with E-state index in [1.165, 1.54) is 27.6 Å². The Morgan fingerprint density at radius 3 is 1.35 bits per heavy atom. The van der Waals surface area contributed by atoms with Crippen LogP contribution in [0.5, 0.6) is 0 Å². The molecule has 0 amide bonds. The van der Waals surface area contributed by atoms with Gasteiger partial charge in [0.25, 0.3) is 0 Å². The molecule has 250 valence electrons. The van der Waals surface area contributed by atoms with Crippen molar-refractivity contribution in [2.45, 2.75) is 0 Å². The molecule has 0 radical (unpaired) electrons. The monoisotopic (exact) mass is 686 g/mol. The van der Waals surface area contributed by atoms with Crippen molar-refractivity contribution in [1.29, 1.82) is 5.26 Å². The molecule has 0 aliphatic heterocycles. The van der Waals surface area contributed by atoms with Gasteiger partial charge >= 0.3 is 0 Å². The lowest BCUT2D eigenvalue weighted by molar-refractivity contribution is 1.31. The lowest BCUT2D eigenvalue weighted by atomic mass is 9.89. The van der Waals surface area contributed by atoms with Crippen LogP contribution in [0.3, 0.4) is 0 Å². The molecule has 0 atom stereocenters. The molecular weight excluding hydrogens is 657 g/mol. The summed E-state index contributed by atoms with van der Waals surface area (Å²) in [6.07, 6.45) is 3.65. The zero-order valence-electron chi connectivity index (χ0n) is 29.1. The number of pyridine rings is 3. The van der Waals surface area contributed by atoms with Gasteiger partial charge in [0, 0.05) is 40.0 Å². The molecule has 9 aromatic rings. The minimum atomic E-state index is 0.638. The first-order valence-corrected chi connectivity index (χ1v) is 18.0. The number of nitrogens with zero attached hydrogens (tertiary/aromatic N) is 4. The highest BCUT2D eigenvalue weighted by Gasteiger charge is 2.25. The molecule has 1 aliphatic carbocycles. The Morgan fingerprint density at radius 1 is 0.333 bits per heavy atom. The van der Waals surface area contributed by atoms with E-state index in [1.54, 1.807) is 0 Å². The zero-order chi connectivity index (χ0) is 36.0. The van der Waals surface area contributed by atoms with E-state index < -0.39 is 0 Å². The molecule has 4 heteroatoms. The van der Waals surface area contributed by atoms with Crippen LogP contribution in [-0.2, 0) is 0 Å². The predicted molar refractivity (Wildman–Crippen MR) is 219 cm³/mol. The van der Waals surface area contributed by atoms with E-state index in [0.29, 0.717) is 5.56 Å². The Morgan fingerprint density at radius 2 is 0.796 bits per heavy atom. The minimum Gasteiger partial charge on any atom is -0.256 e. The molecule has 54 heavy (non-hydrogen) atoms. The van der Waals surface area contributed by atoms with E-state index in [1.807, 2.05) is 60.9 Å². The van der Waals surface area contributed by atoms with Crippen LogP contribution in [0.15, 0.2) is 182 Å². The Kier molecular flexibility index (Phi) is 7.49. The first-order chi connectivity index (χ1) is 26.7. The number of nitriles is 1. The molecule has 0 bridgehead atoms. The fourth-order valence-corrected chi connectivity index (χ4v) is 7.77. The summed E-state index contributed by atoms with van der Waals surface area (Å²) in [7, 11) is 0. The van der Waals surface area contributed by atoms with Gasteiger partial charge in [0.15, 0.2) is 0 Å². The maximum Gasteiger partial charge on any atom is 0.0991 e. The van der Waals surface area contributed by atoms with Gasteiger partial charge in [0.05, 0.1) is 34.4 Å². The molecule has 0 N–H and O–H groups in total. The average Bonchev–Trinajstić information content (AvgIpc) is 3.59. The molecule has 0 fully saturated rings. The number of fused-ring (bicyclic) bond motifs is 3. The molecule has 0 spiro atoms. The molecule has 0 unspecified atom stereocenters. The van der Waals surface area contributed by atoms with E-state index in [0.717, 1.165) is 72.7 Å². The van der Waals surface area contributed by atoms with E-state index in [4.69, 9.17) is 4.98 Å². The van der Waals surface area contributed by atoms with Gasteiger partial charge < -0.3 is 0 Å². The van der Waals surface area contributed by atoms with Crippen molar-refractivity contribution in [2.75, 3.05) is 0 Å². The Bertz CT molecular complexity index is 2760. The molecule has 4 nitrogen and oxygen atoms in total. The van der Waals surface area contributed by atoms with Crippen molar-refractivity contribution >= 4 is 10.8 Å². The second-order valence-corrected chi connectivity index (χ2v) is 13.5. The summed E-state index contributed by atoms with van der Waals surface area (Å²) < 4.78 is 0. The molecular formula is C50H30N4. The second kappa shape index (κ2) is 12.9. The quantitative estimate of drug-likeness (QED) is 0.175. The summed E-state index contributed by atoms with van der Waals surface area (Å²) in [5.41, 5.74) is 17.7. The third-order valence-corrected chi connectivity index (χ3v) is 10.4. The van der Waals surface area contributed by atoms with Crippen molar-refractivity contribution in [3.8, 4) is 95.6 Å². The third-order valence-electron chi connectivity index (χ3n) is 10.4. The van der Waals surface area contributed by atoms with E-state index in [-0.39, 0.29) is 0 Å². The number of aromatic nitrogens is 3. The molecule has 1 aliphatic rings. The van der Waals surface area contributed by atoms with Gasteiger partial charge in [-0.05, 0) is 98.4 Å². The largest absolute Gasteiger partial charge is 0.256 e. The molecule has 6 aromatic carbocycles. The van der Waals surface area contributed by atoms with Gasteiger partial charge in [-0.1, -0.05) is 121 Å².